The Labute approximate surface area is 78.8 Å². The molecule has 1 saturated heterocycles. The Morgan fingerprint density at radius 3 is 2.62 bits per heavy atom. The second-order valence-electron chi connectivity index (χ2n) is 3.64. The summed E-state index contributed by atoms with van der Waals surface area (Å²) in [4.78, 5) is 8.84. The van der Waals surface area contributed by atoms with Crippen molar-refractivity contribution in [3.63, 3.8) is 0 Å². The van der Waals surface area contributed by atoms with E-state index in [1.807, 2.05) is 18.7 Å². The van der Waals surface area contributed by atoms with Crippen LogP contribution in [0.1, 0.15) is 0 Å². The second kappa shape index (κ2) is 3.89. The Hall–Kier alpha value is -0.870. The number of piperazine rings is 1. The van der Waals surface area contributed by atoms with Crippen LogP contribution in [0.25, 0.3) is 0 Å². The molecular formula is C9H16N4. The predicted molar refractivity (Wildman–Crippen MR) is 51.3 cm³/mol. The Morgan fingerprint density at radius 2 is 2.00 bits per heavy atom. The molecule has 0 aliphatic carbocycles. The van der Waals surface area contributed by atoms with E-state index in [-0.39, 0.29) is 0 Å². The van der Waals surface area contributed by atoms with Crippen LogP contribution in [-0.4, -0.2) is 52.6 Å². The van der Waals surface area contributed by atoms with Crippen LogP contribution in [0.3, 0.4) is 0 Å². The number of likely N-dealkylation sites (N-methyl/N-ethyl adjacent to an activating group) is 1. The van der Waals surface area contributed by atoms with Gasteiger partial charge in [0.1, 0.15) is 0 Å². The molecule has 0 unspecified atom stereocenters. The molecule has 13 heavy (non-hydrogen) atoms. The molecule has 1 aliphatic rings. The summed E-state index contributed by atoms with van der Waals surface area (Å²) >= 11 is 0. The zero-order valence-corrected chi connectivity index (χ0v) is 8.06. The average Bonchev–Trinajstić information content (AvgIpc) is 2.62. The zero-order chi connectivity index (χ0) is 9.10. The van der Waals surface area contributed by atoms with Crippen LogP contribution in [-0.2, 0) is 6.67 Å². The third-order valence-corrected chi connectivity index (χ3v) is 2.52. The van der Waals surface area contributed by atoms with Gasteiger partial charge in [-0.3, -0.25) is 4.90 Å². The van der Waals surface area contributed by atoms with Gasteiger partial charge in [0.25, 0.3) is 0 Å². The lowest BCUT2D eigenvalue weighted by Crippen LogP contribution is -2.44. The molecule has 1 fully saturated rings. The van der Waals surface area contributed by atoms with Crippen molar-refractivity contribution >= 4 is 0 Å². The Bertz CT molecular complexity index is 236. The Kier molecular flexibility index (Phi) is 2.61. The molecule has 0 bridgehead atoms. The number of rotatable bonds is 2. The molecule has 0 amide bonds. The van der Waals surface area contributed by atoms with Crippen molar-refractivity contribution in [2.75, 3.05) is 33.2 Å². The van der Waals surface area contributed by atoms with Gasteiger partial charge in [-0.1, -0.05) is 0 Å². The molecule has 1 aliphatic heterocycles. The summed E-state index contributed by atoms with van der Waals surface area (Å²) < 4.78 is 2.12. The minimum Gasteiger partial charge on any atom is -0.324 e. The highest BCUT2D eigenvalue weighted by atomic mass is 15.3. The lowest BCUT2D eigenvalue weighted by molar-refractivity contribution is 0.125. The molecule has 72 valence electrons. The van der Waals surface area contributed by atoms with Crippen molar-refractivity contribution in [2.45, 2.75) is 6.67 Å². The van der Waals surface area contributed by atoms with E-state index in [0.29, 0.717) is 0 Å². The number of aromatic nitrogens is 2. The van der Waals surface area contributed by atoms with Crippen molar-refractivity contribution in [1.82, 2.24) is 19.4 Å². The van der Waals surface area contributed by atoms with Crippen molar-refractivity contribution in [3.8, 4) is 0 Å². The topological polar surface area (TPSA) is 24.3 Å². The van der Waals surface area contributed by atoms with E-state index in [4.69, 9.17) is 0 Å². The maximum atomic E-state index is 4.03. The number of hydrogen-bond donors (Lipinski definition) is 0. The van der Waals surface area contributed by atoms with Crippen molar-refractivity contribution < 1.29 is 0 Å². The average molecular weight is 180 g/mol. The van der Waals surface area contributed by atoms with Crippen molar-refractivity contribution in [2.24, 2.45) is 0 Å². The Morgan fingerprint density at radius 1 is 1.23 bits per heavy atom. The fraction of sp³-hybridized carbons (Fsp3) is 0.667. The molecule has 2 heterocycles. The fourth-order valence-electron chi connectivity index (χ4n) is 1.59. The normalized spacial score (nSPS) is 20.7. The summed E-state index contributed by atoms with van der Waals surface area (Å²) in [6, 6.07) is 0. The predicted octanol–water partition coefficient (Wildman–Crippen LogP) is 0.0880. The monoisotopic (exact) mass is 180 g/mol. The molecule has 0 saturated carbocycles. The van der Waals surface area contributed by atoms with E-state index < -0.39 is 0 Å². The molecule has 0 aromatic carbocycles. The van der Waals surface area contributed by atoms with E-state index in [0.717, 1.165) is 19.8 Å². The first-order chi connectivity index (χ1) is 6.34. The number of hydrogen-bond acceptors (Lipinski definition) is 3. The fourth-order valence-corrected chi connectivity index (χ4v) is 1.59. The summed E-state index contributed by atoms with van der Waals surface area (Å²) in [5.41, 5.74) is 0. The molecule has 4 heteroatoms. The smallest absolute Gasteiger partial charge is 0.0956 e. The van der Waals surface area contributed by atoms with E-state index in [2.05, 4.69) is 26.4 Å². The van der Waals surface area contributed by atoms with Gasteiger partial charge in [-0.2, -0.15) is 0 Å². The van der Waals surface area contributed by atoms with E-state index >= 15 is 0 Å². The van der Waals surface area contributed by atoms with Gasteiger partial charge in [-0.05, 0) is 7.05 Å². The van der Waals surface area contributed by atoms with Crippen molar-refractivity contribution in [1.29, 1.82) is 0 Å². The lowest BCUT2D eigenvalue weighted by Gasteiger charge is -2.32. The van der Waals surface area contributed by atoms with Gasteiger partial charge >= 0.3 is 0 Å². The molecule has 0 atom stereocenters. The van der Waals surface area contributed by atoms with E-state index in [9.17, 15) is 0 Å². The molecule has 1 aromatic heterocycles. The molecule has 4 nitrogen and oxygen atoms in total. The van der Waals surface area contributed by atoms with Gasteiger partial charge in [-0.15, -0.1) is 0 Å². The van der Waals surface area contributed by atoms with Crippen LogP contribution in [0.15, 0.2) is 18.7 Å². The highest BCUT2D eigenvalue weighted by Gasteiger charge is 2.12. The molecule has 2 rings (SSSR count). The molecule has 1 aromatic rings. The second-order valence-corrected chi connectivity index (χ2v) is 3.64. The van der Waals surface area contributed by atoms with Crippen LogP contribution in [0.2, 0.25) is 0 Å². The Balaban J connectivity index is 1.83. The van der Waals surface area contributed by atoms with E-state index in [1.54, 1.807) is 0 Å². The highest BCUT2D eigenvalue weighted by Crippen LogP contribution is 2.00. The summed E-state index contributed by atoms with van der Waals surface area (Å²) in [5.74, 6) is 0. The number of nitrogens with zero attached hydrogens (tertiary/aromatic N) is 4. The first-order valence-corrected chi connectivity index (χ1v) is 4.71. The van der Waals surface area contributed by atoms with E-state index in [1.165, 1.54) is 13.1 Å². The third kappa shape index (κ3) is 2.29. The quantitative estimate of drug-likeness (QED) is 0.644. The molecular weight excluding hydrogens is 164 g/mol. The van der Waals surface area contributed by atoms with Crippen LogP contribution >= 0.6 is 0 Å². The lowest BCUT2D eigenvalue weighted by atomic mass is 10.3. The summed E-state index contributed by atoms with van der Waals surface area (Å²) in [6.45, 7) is 5.65. The van der Waals surface area contributed by atoms with Gasteiger partial charge in [0.15, 0.2) is 0 Å². The van der Waals surface area contributed by atoms with Gasteiger partial charge in [0.2, 0.25) is 0 Å². The standard InChI is InChI=1S/C9H16N4/c1-11-4-6-12(7-5-11)9-13-3-2-10-8-13/h2-3,8H,4-7,9H2,1H3. The van der Waals surface area contributed by atoms with Crippen LogP contribution < -0.4 is 0 Å². The maximum Gasteiger partial charge on any atom is 0.0956 e. The molecule has 0 radical (unpaired) electrons. The van der Waals surface area contributed by atoms with Gasteiger partial charge in [0, 0.05) is 38.6 Å². The van der Waals surface area contributed by atoms with Gasteiger partial charge in [-0.25, -0.2) is 4.98 Å². The number of imidazole rings is 1. The van der Waals surface area contributed by atoms with Crippen molar-refractivity contribution in [3.05, 3.63) is 18.7 Å². The first-order valence-electron chi connectivity index (χ1n) is 4.71. The zero-order valence-electron chi connectivity index (χ0n) is 8.06. The highest BCUT2D eigenvalue weighted by molar-refractivity contribution is 4.75. The third-order valence-electron chi connectivity index (χ3n) is 2.52. The van der Waals surface area contributed by atoms with Gasteiger partial charge < -0.3 is 9.47 Å². The van der Waals surface area contributed by atoms with Crippen LogP contribution in [0.4, 0.5) is 0 Å². The van der Waals surface area contributed by atoms with Gasteiger partial charge in [0.05, 0.1) is 13.0 Å². The van der Waals surface area contributed by atoms with Crippen LogP contribution in [0, 0.1) is 0 Å². The largest absolute Gasteiger partial charge is 0.324 e. The minimum atomic E-state index is 0.980. The summed E-state index contributed by atoms with van der Waals surface area (Å²) in [7, 11) is 2.18. The summed E-state index contributed by atoms with van der Waals surface area (Å²) in [5, 5.41) is 0. The summed E-state index contributed by atoms with van der Waals surface area (Å²) in [6.07, 6.45) is 5.71. The van der Waals surface area contributed by atoms with Crippen LogP contribution in [0.5, 0.6) is 0 Å². The minimum absolute atomic E-state index is 0.980. The molecule has 0 N–H and O–H groups in total. The SMILES string of the molecule is CN1CCN(Cn2ccnc2)CC1. The maximum absolute atomic E-state index is 4.03. The first kappa shape index (κ1) is 8.72. The molecule has 0 spiro atoms.